The molecule has 0 aliphatic rings. The third kappa shape index (κ3) is 7.05. The zero-order valence-electron chi connectivity index (χ0n) is 27.2. The molecule has 0 unspecified atom stereocenters. The maximum atomic E-state index is 5.95. The normalized spacial score (nSPS) is 10.8. The molecule has 0 atom stereocenters. The number of nitrogens with zero attached hydrogens (tertiary/aromatic N) is 2. The van der Waals surface area contributed by atoms with Crippen molar-refractivity contribution < 1.29 is 9.47 Å². The number of para-hydroxylation sites is 2. The fourth-order valence-electron chi connectivity index (χ4n) is 5.89. The SMILES string of the molecule is c1ccc(Oc2ccc(-c3ccc(-c4ccnc(-c5cc(-c6ccc(-c7ccc(Oc8ccccc8)cc7)cc6)ccn5)c4)cc3)cc2)cc1. The summed E-state index contributed by atoms with van der Waals surface area (Å²) in [6.45, 7) is 0. The Balaban J connectivity index is 0.952. The summed E-state index contributed by atoms with van der Waals surface area (Å²) in [7, 11) is 0. The van der Waals surface area contributed by atoms with Gasteiger partial charge in [0.1, 0.15) is 23.0 Å². The molecule has 0 N–H and O–H groups in total. The summed E-state index contributed by atoms with van der Waals surface area (Å²) >= 11 is 0. The lowest BCUT2D eigenvalue weighted by atomic mass is 9.99. The topological polar surface area (TPSA) is 44.2 Å². The number of rotatable bonds is 9. The molecule has 238 valence electrons. The number of aromatic nitrogens is 2. The number of hydrogen-bond acceptors (Lipinski definition) is 4. The molecule has 50 heavy (non-hydrogen) atoms. The van der Waals surface area contributed by atoms with E-state index in [0.29, 0.717) is 0 Å². The monoisotopic (exact) mass is 644 g/mol. The van der Waals surface area contributed by atoms with Crippen LogP contribution >= 0.6 is 0 Å². The Labute approximate surface area is 291 Å². The van der Waals surface area contributed by atoms with E-state index in [4.69, 9.17) is 9.47 Å². The summed E-state index contributed by atoms with van der Waals surface area (Å²) in [4.78, 5) is 9.35. The van der Waals surface area contributed by atoms with Crippen molar-refractivity contribution in [2.24, 2.45) is 0 Å². The molecule has 0 radical (unpaired) electrons. The van der Waals surface area contributed by atoms with Gasteiger partial charge in [-0.25, -0.2) is 0 Å². The zero-order valence-corrected chi connectivity index (χ0v) is 27.2. The lowest BCUT2D eigenvalue weighted by Crippen LogP contribution is -1.90. The molecule has 4 heteroatoms. The molecule has 0 saturated carbocycles. The first-order valence-electron chi connectivity index (χ1n) is 16.5. The van der Waals surface area contributed by atoms with Crippen molar-refractivity contribution >= 4 is 0 Å². The van der Waals surface area contributed by atoms with E-state index in [1.54, 1.807) is 0 Å². The number of hydrogen-bond donors (Lipinski definition) is 0. The number of pyridine rings is 2. The van der Waals surface area contributed by atoms with Crippen molar-refractivity contribution in [3.8, 4) is 78.9 Å². The molecule has 4 nitrogen and oxygen atoms in total. The second kappa shape index (κ2) is 14.1. The van der Waals surface area contributed by atoms with Crippen molar-refractivity contribution in [1.82, 2.24) is 9.97 Å². The molecule has 0 bridgehead atoms. The minimum atomic E-state index is 0.812. The van der Waals surface area contributed by atoms with Gasteiger partial charge in [-0.15, -0.1) is 0 Å². The largest absolute Gasteiger partial charge is 0.457 e. The van der Waals surface area contributed by atoms with Gasteiger partial charge in [-0.2, -0.15) is 0 Å². The summed E-state index contributed by atoms with van der Waals surface area (Å²) in [6, 6.07) is 61.5. The molecule has 0 saturated heterocycles. The zero-order chi connectivity index (χ0) is 33.5. The van der Waals surface area contributed by atoms with Crippen LogP contribution in [0.1, 0.15) is 0 Å². The molecule has 0 spiro atoms. The highest BCUT2D eigenvalue weighted by Gasteiger charge is 2.09. The van der Waals surface area contributed by atoms with E-state index >= 15 is 0 Å². The predicted molar refractivity (Wildman–Crippen MR) is 202 cm³/mol. The molecule has 6 aromatic carbocycles. The summed E-state index contributed by atoms with van der Waals surface area (Å²) in [6.07, 6.45) is 3.70. The molecular formula is C46H32N2O2. The molecule has 0 fully saturated rings. The van der Waals surface area contributed by atoms with Crippen molar-refractivity contribution in [3.05, 3.63) is 194 Å². The van der Waals surface area contributed by atoms with E-state index in [9.17, 15) is 0 Å². The lowest BCUT2D eigenvalue weighted by molar-refractivity contribution is 0.482. The van der Waals surface area contributed by atoms with Crippen molar-refractivity contribution in [3.63, 3.8) is 0 Å². The number of ether oxygens (including phenoxy) is 2. The fraction of sp³-hybridized carbons (Fsp3) is 0. The Hall–Kier alpha value is -6.78. The molecule has 8 rings (SSSR count). The van der Waals surface area contributed by atoms with Crippen LogP contribution in [0.3, 0.4) is 0 Å². The second-order valence-electron chi connectivity index (χ2n) is 11.9. The van der Waals surface area contributed by atoms with E-state index in [2.05, 4.69) is 94.9 Å². The Kier molecular flexibility index (Phi) is 8.64. The van der Waals surface area contributed by atoms with E-state index in [1.807, 2.05) is 109 Å². The van der Waals surface area contributed by atoms with Crippen LogP contribution in [-0.2, 0) is 0 Å². The Morgan fingerprint density at radius 3 is 0.880 bits per heavy atom. The van der Waals surface area contributed by atoms with Crippen LogP contribution in [0.5, 0.6) is 23.0 Å². The Bertz CT molecular complexity index is 2150. The molecule has 0 aliphatic heterocycles. The van der Waals surface area contributed by atoms with E-state index < -0.39 is 0 Å². The molecular weight excluding hydrogens is 613 g/mol. The Morgan fingerprint density at radius 1 is 0.260 bits per heavy atom. The maximum absolute atomic E-state index is 5.95. The first-order valence-corrected chi connectivity index (χ1v) is 16.5. The predicted octanol–water partition coefficient (Wildman–Crippen LogP) is 12.4. The van der Waals surface area contributed by atoms with Gasteiger partial charge in [0.05, 0.1) is 11.4 Å². The van der Waals surface area contributed by atoms with Gasteiger partial charge < -0.3 is 9.47 Å². The summed E-state index contributed by atoms with van der Waals surface area (Å²) in [5, 5.41) is 0. The van der Waals surface area contributed by atoms with Gasteiger partial charge >= 0.3 is 0 Å². The van der Waals surface area contributed by atoms with E-state index in [-0.39, 0.29) is 0 Å². The van der Waals surface area contributed by atoms with Gasteiger partial charge in [0.25, 0.3) is 0 Å². The third-order valence-electron chi connectivity index (χ3n) is 8.55. The van der Waals surface area contributed by atoms with Gasteiger partial charge in [-0.1, -0.05) is 109 Å². The summed E-state index contributed by atoms with van der Waals surface area (Å²) in [5.41, 5.74) is 10.6. The fourth-order valence-corrected chi connectivity index (χ4v) is 5.89. The van der Waals surface area contributed by atoms with E-state index in [1.165, 1.54) is 0 Å². The quantitative estimate of drug-likeness (QED) is 0.157. The van der Waals surface area contributed by atoms with Gasteiger partial charge in [0.15, 0.2) is 0 Å². The minimum Gasteiger partial charge on any atom is -0.457 e. The highest BCUT2D eigenvalue weighted by Crippen LogP contribution is 2.32. The Morgan fingerprint density at radius 2 is 0.540 bits per heavy atom. The minimum absolute atomic E-state index is 0.812. The van der Waals surface area contributed by atoms with Gasteiger partial charge in [0.2, 0.25) is 0 Å². The standard InChI is InChI=1S/C46H32N2O2/c1-3-7-41(8-4-1)49-43-23-19-35(20-24-43)33-11-15-37(16-12-33)39-27-29-47-45(31-39)46-32-40(28-30-48-46)38-17-13-34(14-18-38)36-21-25-44(26-22-36)50-42-9-5-2-6-10-42/h1-32H. The van der Waals surface area contributed by atoms with Crippen molar-refractivity contribution in [2.45, 2.75) is 0 Å². The van der Waals surface area contributed by atoms with Gasteiger partial charge in [0, 0.05) is 12.4 Å². The first-order chi connectivity index (χ1) is 24.7. The smallest absolute Gasteiger partial charge is 0.127 e. The maximum Gasteiger partial charge on any atom is 0.127 e. The second-order valence-corrected chi connectivity index (χ2v) is 11.9. The van der Waals surface area contributed by atoms with Crippen LogP contribution < -0.4 is 9.47 Å². The van der Waals surface area contributed by atoms with Gasteiger partial charge in [-0.3, -0.25) is 9.97 Å². The highest BCUT2D eigenvalue weighted by molar-refractivity contribution is 5.76. The van der Waals surface area contributed by atoms with Crippen molar-refractivity contribution in [1.29, 1.82) is 0 Å². The molecule has 2 aromatic heterocycles. The highest BCUT2D eigenvalue weighted by atomic mass is 16.5. The van der Waals surface area contributed by atoms with Crippen LogP contribution in [0.2, 0.25) is 0 Å². The third-order valence-corrected chi connectivity index (χ3v) is 8.55. The van der Waals surface area contributed by atoms with Crippen LogP contribution in [0.25, 0.3) is 55.9 Å². The summed E-state index contributed by atoms with van der Waals surface area (Å²) < 4.78 is 11.9. The molecule has 0 aliphatic carbocycles. The van der Waals surface area contributed by atoms with Crippen LogP contribution in [0, 0.1) is 0 Å². The van der Waals surface area contributed by atoms with E-state index in [0.717, 1.165) is 78.9 Å². The molecule has 8 aromatic rings. The van der Waals surface area contributed by atoms with Crippen LogP contribution in [0.4, 0.5) is 0 Å². The van der Waals surface area contributed by atoms with Crippen LogP contribution in [0.15, 0.2) is 194 Å². The average Bonchev–Trinajstić information content (AvgIpc) is 3.20. The number of benzene rings is 6. The average molecular weight is 645 g/mol. The first kappa shape index (κ1) is 30.5. The molecule has 0 amide bonds. The lowest BCUT2D eigenvalue weighted by Gasteiger charge is -2.10. The molecule has 2 heterocycles. The van der Waals surface area contributed by atoms with Gasteiger partial charge in [-0.05, 0) is 117 Å². The summed E-state index contributed by atoms with van der Waals surface area (Å²) in [5.74, 6) is 3.27. The van der Waals surface area contributed by atoms with Crippen LogP contribution in [-0.4, -0.2) is 9.97 Å². The van der Waals surface area contributed by atoms with Crippen molar-refractivity contribution in [2.75, 3.05) is 0 Å².